The zero-order valence-electron chi connectivity index (χ0n) is 15.2. The number of hydrogen-bond donors (Lipinski definition) is 2. The van der Waals surface area contributed by atoms with E-state index < -0.39 is 0 Å². The van der Waals surface area contributed by atoms with Gasteiger partial charge in [0.05, 0.1) is 6.61 Å². The Kier molecular flexibility index (Phi) is 7.73. The summed E-state index contributed by atoms with van der Waals surface area (Å²) < 4.78 is 4.92. The van der Waals surface area contributed by atoms with Crippen LogP contribution in [0.5, 0.6) is 0 Å². The van der Waals surface area contributed by atoms with E-state index >= 15 is 0 Å². The van der Waals surface area contributed by atoms with Crippen molar-refractivity contribution in [3.8, 4) is 0 Å². The Labute approximate surface area is 149 Å². The summed E-state index contributed by atoms with van der Waals surface area (Å²) in [6.07, 6.45) is 3.04. The van der Waals surface area contributed by atoms with Gasteiger partial charge in [-0.3, -0.25) is 4.79 Å². The van der Waals surface area contributed by atoms with Crippen molar-refractivity contribution in [2.24, 2.45) is 5.92 Å². The molecular formula is C19H29N3O3. The number of carbonyl (C=O) groups is 2. The summed E-state index contributed by atoms with van der Waals surface area (Å²) in [5.74, 6) is 0.519. The molecule has 0 bridgehead atoms. The summed E-state index contributed by atoms with van der Waals surface area (Å²) in [5, 5.41) is 5.68. The molecule has 0 radical (unpaired) electrons. The normalized spacial score (nSPS) is 15.0. The van der Waals surface area contributed by atoms with Gasteiger partial charge in [-0.2, -0.15) is 0 Å². The number of hydrogen-bond acceptors (Lipinski definition) is 3. The smallest absolute Gasteiger partial charge is 0.317 e. The number of nitrogens with one attached hydrogen (secondary N) is 2. The molecule has 0 aromatic heterocycles. The van der Waals surface area contributed by atoms with Gasteiger partial charge in [0, 0.05) is 38.9 Å². The van der Waals surface area contributed by atoms with E-state index in [1.165, 1.54) is 5.56 Å². The van der Waals surface area contributed by atoms with Crippen LogP contribution in [0.1, 0.15) is 35.7 Å². The molecule has 3 amide bonds. The SMILES string of the molecule is CCNC(=O)N1CCC(Cc2ccc(C(=O)NCCOC)cc2)CC1. The lowest BCUT2D eigenvalue weighted by Crippen LogP contribution is -2.44. The summed E-state index contributed by atoms with van der Waals surface area (Å²) in [4.78, 5) is 25.7. The molecule has 6 heteroatoms. The van der Waals surface area contributed by atoms with Gasteiger partial charge in [-0.05, 0) is 49.8 Å². The van der Waals surface area contributed by atoms with Crippen LogP contribution in [0.2, 0.25) is 0 Å². The summed E-state index contributed by atoms with van der Waals surface area (Å²) >= 11 is 0. The number of rotatable bonds is 7. The molecule has 1 aliphatic heterocycles. The minimum absolute atomic E-state index is 0.0461. The highest BCUT2D eigenvalue weighted by molar-refractivity contribution is 5.94. The molecule has 2 N–H and O–H groups in total. The summed E-state index contributed by atoms with van der Waals surface area (Å²) in [6.45, 7) is 5.27. The van der Waals surface area contributed by atoms with E-state index in [-0.39, 0.29) is 11.9 Å². The molecular weight excluding hydrogens is 318 g/mol. The Hall–Kier alpha value is -2.08. The molecule has 0 atom stereocenters. The van der Waals surface area contributed by atoms with Crippen molar-refractivity contribution < 1.29 is 14.3 Å². The highest BCUT2D eigenvalue weighted by Gasteiger charge is 2.22. The second-order valence-electron chi connectivity index (χ2n) is 6.42. The van der Waals surface area contributed by atoms with E-state index in [1.807, 2.05) is 36.1 Å². The quantitative estimate of drug-likeness (QED) is 0.742. The molecule has 0 saturated carbocycles. The number of benzene rings is 1. The molecule has 1 fully saturated rings. The molecule has 0 aliphatic carbocycles. The Morgan fingerprint density at radius 3 is 2.44 bits per heavy atom. The number of ether oxygens (including phenoxy) is 1. The van der Waals surface area contributed by atoms with Crippen LogP contribution < -0.4 is 10.6 Å². The summed E-state index contributed by atoms with van der Waals surface area (Å²) in [7, 11) is 1.61. The largest absolute Gasteiger partial charge is 0.383 e. The highest BCUT2D eigenvalue weighted by Crippen LogP contribution is 2.22. The topological polar surface area (TPSA) is 70.7 Å². The first-order valence-corrected chi connectivity index (χ1v) is 9.03. The third-order valence-corrected chi connectivity index (χ3v) is 4.56. The van der Waals surface area contributed by atoms with E-state index in [0.717, 1.165) is 32.4 Å². The lowest BCUT2D eigenvalue weighted by Gasteiger charge is -2.32. The standard InChI is InChI=1S/C19H29N3O3/c1-3-20-19(24)22-11-8-16(9-12-22)14-15-4-6-17(7-5-15)18(23)21-10-13-25-2/h4-7,16H,3,8-14H2,1-2H3,(H,20,24)(H,21,23). The Bertz CT molecular complexity index is 552. The average Bonchev–Trinajstić information content (AvgIpc) is 2.63. The van der Waals surface area contributed by atoms with Crippen LogP contribution in [0.3, 0.4) is 0 Å². The number of likely N-dealkylation sites (tertiary alicyclic amines) is 1. The molecule has 1 heterocycles. The van der Waals surface area contributed by atoms with Gasteiger partial charge in [-0.15, -0.1) is 0 Å². The number of amides is 3. The summed E-state index contributed by atoms with van der Waals surface area (Å²) in [5.41, 5.74) is 1.91. The zero-order chi connectivity index (χ0) is 18.1. The molecule has 138 valence electrons. The fraction of sp³-hybridized carbons (Fsp3) is 0.579. The second kappa shape index (κ2) is 10.0. The van der Waals surface area contributed by atoms with Gasteiger partial charge in [0.15, 0.2) is 0 Å². The molecule has 0 unspecified atom stereocenters. The minimum atomic E-state index is -0.0705. The van der Waals surface area contributed by atoms with Crippen LogP contribution in [-0.4, -0.2) is 56.7 Å². The monoisotopic (exact) mass is 347 g/mol. The van der Waals surface area contributed by atoms with E-state index in [9.17, 15) is 9.59 Å². The van der Waals surface area contributed by atoms with Gasteiger partial charge < -0.3 is 20.3 Å². The molecule has 1 aromatic carbocycles. The van der Waals surface area contributed by atoms with E-state index in [4.69, 9.17) is 4.74 Å². The van der Waals surface area contributed by atoms with Crippen molar-refractivity contribution in [3.63, 3.8) is 0 Å². The maximum atomic E-state index is 12.0. The van der Waals surface area contributed by atoms with Crippen LogP contribution in [0.4, 0.5) is 4.79 Å². The van der Waals surface area contributed by atoms with Crippen LogP contribution in [0.25, 0.3) is 0 Å². The van der Waals surface area contributed by atoms with Crippen molar-refractivity contribution in [2.75, 3.05) is 39.9 Å². The Morgan fingerprint density at radius 2 is 1.84 bits per heavy atom. The fourth-order valence-corrected chi connectivity index (χ4v) is 3.10. The van der Waals surface area contributed by atoms with Gasteiger partial charge in [-0.25, -0.2) is 4.79 Å². The van der Waals surface area contributed by atoms with Crippen LogP contribution in [-0.2, 0) is 11.2 Å². The number of carbonyl (C=O) groups excluding carboxylic acids is 2. The molecule has 0 spiro atoms. The minimum Gasteiger partial charge on any atom is -0.383 e. The van der Waals surface area contributed by atoms with Crippen molar-refractivity contribution in [1.29, 1.82) is 0 Å². The first kappa shape index (κ1) is 19.2. The molecule has 1 aliphatic rings. The van der Waals surface area contributed by atoms with E-state index in [0.29, 0.717) is 31.2 Å². The number of nitrogens with zero attached hydrogens (tertiary/aromatic N) is 1. The van der Waals surface area contributed by atoms with Gasteiger partial charge in [-0.1, -0.05) is 12.1 Å². The highest BCUT2D eigenvalue weighted by atomic mass is 16.5. The Morgan fingerprint density at radius 1 is 1.16 bits per heavy atom. The number of methoxy groups -OCH3 is 1. The van der Waals surface area contributed by atoms with E-state index in [1.54, 1.807) is 7.11 Å². The average molecular weight is 347 g/mol. The summed E-state index contributed by atoms with van der Waals surface area (Å²) in [6, 6.07) is 7.86. The molecule has 6 nitrogen and oxygen atoms in total. The molecule has 1 saturated heterocycles. The first-order chi connectivity index (χ1) is 12.1. The fourth-order valence-electron chi connectivity index (χ4n) is 3.10. The molecule has 1 aromatic rings. The maximum absolute atomic E-state index is 12.0. The number of piperidine rings is 1. The van der Waals surface area contributed by atoms with Crippen LogP contribution in [0.15, 0.2) is 24.3 Å². The second-order valence-corrected chi connectivity index (χ2v) is 6.42. The van der Waals surface area contributed by atoms with Crippen molar-refractivity contribution in [3.05, 3.63) is 35.4 Å². The van der Waals surface area contributed by atoms with E-state index in [2.05, 4.69) is 10.6 Å². The van der Waals surface area contributed by atoms with Crippen LogP contribution >= 0.6 is 0 Å². The zero-order valence-corrected chi connectivity index (χ0v) is 15.2. The third-order valence-electron chi connectivity index (χ3n) is 4.56. The Balaban J connectivity index is 1.78. The third kappa shape index (κ3) is 6.05. The van der Waals surface area contributed by atoms with Gasteiger partial charge in [0.25, 0.3) is 5.91 Å². The first-order valence-electron chi connectivity index (χ1n) is 9.03. The van der Waals surface area contributed by atoms with Crippen molar-refractivity contribution in [2.45, 2.75) is 26.2 Å². The van der Waals surface area contributed by atoms with Crippen LogP contribution in [0, 0.1) is 5.92 Å². The van der Waals surface area contributed by atoms with Crippen molar-refractivity contribution >= 4 is 11.9 Å². The van der Waals surface area contributed by atoms with Crippen molar-refractivity contribution in [1.82, 2.24) is 15.5 Å². The lowest BCUT2D eigenvalue weighted by atomic mass is 9.90. The van der Waals surface area contributed by atoms with Gasteiger partial charge >= 0.3 is 6.03 Å². The molecule has 2 rings (SSSR count). The van der Waals surface area contributed by atoms with Gasteiger partial charge in [0.1, 0.15) is 0 Å². The maximum Gasteiger partial charge on any atom is 0.317 e. The predicted octanol–water partition coefficient (Wildman–Crippen LogP) is 2.05. The predicted molar refractivity (Wildman–Crippen MR) is 97.7 cm³/mol. The lowest BCUT2D eigenvalue weighted by molar-refractivity contribution is 0.0937. The molecule has 25 heavy (non-hydrogen) atoms. The number of urea groups is 1. The van der Waals surface area contributed by atoms with Gasteiger partial charge in [0.2, 0.25) is 0 Å².